The van der Waals surface area contributed by atoms with Crippen LogP contribution in [0.5, 0.6) is 0 Å². The van der Waals surface area contributed by atoms with E-state index in [-0.39, 0.29) is 11.4 Å². The Morgan fingerprint density at radius 1 is 1.17 bits per heavy atom. The normalized spacial score (nSPS) is 16.0. The number of hydrogen-bond donors (Lipinski definition) is 1. The third-order valence-corrected chi connectivity index (χ3v) is 6.55. The first-order valence-electron chi connectivity index (χ1n) is 11.1. The van der Waals surface area contributed by atoms with Crippen molar-refractivity contribution in [2.24, 2.45) is 5.41 Å². The molecule has 35 heavy (non-hydrogen) atoms. The fraction of sp³-hybridized carbons (Fsp3) is 0.240. The number of carbonyl (C=O) groups excluding carboxylic acids is 1. The molecule has 2 fully saturated rings. The molecule has 0 aliphatic carbocycles. The van der Waals surface area contributed by atoms with Crippen molar-refractivity contribution < 1.29 is 9.53 Å². The van der Waals surface area contributed by atoms with Crippen molar-refractivity contribution in [2.45, 2.75) is 6.92 Å². The second-order valence-electron chi connectivity index (χ2n) is 9.10. The van der Waals surface area contributed by atoms with Crippen molar-refractivity contribution in [3.63, 3.8) is 0 Å². The Morgan fingerprint density at radius 2 is 2.00 bits per heavy atom. The number of likely N-dealkylation sites (tertiary alicyclic amines) is 1. The molecular formula is C25H20ClN7O2. The van der Waals surface area contributed by atoms with Crippen LogP contribution in [0, 0.1) is 23.7 Å². The number of amides is 2. The number of nitrogens with zero attached hydrogens (tertiary/aromatic N) is 6. The van der Waals surface area contributed by atoms with Crippen LogP contribution in [0.15, 0.2) is 48.7 Å². The summed E-state index contributed by atoms with van der Waals surface area (Å²) in [5.41, 5.74) is 4.91. The number of hydrogen-bond acceptors (Lipinski definition) is 6. The number of nitriles is 1. The summed E-state index contributed by atoms with van der Waals surface area (Å²) < 4.78 is 6.95. The second-order valence-corrected chi connectivity index (χ2v) is 9.48. The first kappa shape index (κ1) is 21.5. The number of nitrogens with one attached hydrogen (secondary N) is 1. The Morgan fingerprint density at radius 3 is 2.71 bits per heavy atom. The summed E-state index contributed by atoms with van der Waals surface area (Å²) in [4.78, 5) is 23.5. The van der Waals surface area contributed by atoms with E-state index in [1.165, 1.54) is 0 Å². The molecule has 1 aromatic carbocycles. The van der Waals surface area contributed by atoms with E-state index in [1.807, 2.05) is 25.1 Å². The molecule has 174 valence electrons. The number of benzene rings is 1. The lowest BCUT2D eigenvalue weighted by Gasteiger charge is -2.54. The summed E-state index contributed by atoms with van der Waals surface area (Å²) in [6.07, 6.45) is 1.76. The van der Waals surface area contributed by atoms with Gasteiger partial charge in [0.1, 0.15) is 16.7 Å². The van der Waals surface area contributed by atoms with Gasteiger partial charge in [0.15, 0.2) is 5.65 Å². The molecule has 3 aromatic heterocycles. The molecule has 0 saturated carbocycles. The van der Waals surface area contributed by atoms with Crippen molar-refractivity contribution >= 4 is 29.1 Å². The number of anilines is 1. The van der Waals surface area contributed by atoms with Gasteiger partial charge in [-0.05, 0) is 42.8 Å². The van der Waals surface area contributed by atoms with E-state index in [2.05, 4.69) is 16.4 Å². The summed E-state index contributed by atoms with van der Waals surface area (Å²) in [6, 6.07) is 14.6. The third-order valence-electron chi connectivity index (χ3n) is 6.35. The lowest BCUT2D eigenvalue weighted by Crippen LogP contribution is -2.67. The van der Waals surface area contributed by atoms with Gasteiger partial charge in [0.2, 0.25) is 0 Å². The Bertz CT molecular complexity index is 1510. The Kier molecular flexibility index (Phi) is 4.95. The zero-order valence-corrected chi connectivity index (χ0v) is 19.6. The number of rotatable bonds is 3. The lowest BCUT2D eigenvalue weighted by atomic mass is 9.78. The SMILES string of the molecule is Cc1cc(-c2c(-c3cccc(C#N)c3)nn3ccc(NC(=O)N4CC5(COC5)C4)nc23)cc(Cl)n1. The maximum atomic E-state index is 12.8. The molecular weight excluding hydrogens is 466 g/mol. The highest BCUT2D eigenvalue weighted by Crippen LogP contribution is 2.38. The predicted molar refractivity (Wildman–Crippen MR) is 130 cm³/mol. The Labute approximate surface area is 205 Å². The van der Waals surface area contributed by atoms with Gasteiger partial charge in [-0.15, -0.1) is 0 Å². The van der Waals surface area contributed by atoms with Gasteiger partial charge in [0.05, 0.1) is 35.8 Å². The molecule has 1 spiro atoms. The van der Waals surface area contributed by atoms with Crippen molar-refractivity contribution in [1.82, 2.24) is 24.5 Å². The van der Waals surface area contributed by atoms with Gasteiger partial charge < -0.3 is 9.64 Å². The largest absolute Gasteiger partial charge is 0.380 e. The second kappa shape index (κ2) is 8.05. The van der Waals surface area contributed by atoms with Crippen LogP contribution in [0.3, 0.4) is 0 Å². The van der Waals surface area contributed by atoms with Gasteiger partial charge in [-0.1, -0.05) is 23.7 Å². The Balaban J connectivity index is 1.43. The number of ether oxygens (including phenoxy) is 1. The third kappa shape index (κ3) is 3.77. The number of aryl methyl sites for hydroxylation is 1. The van der Waals surface area contributed by atoms with Crippen LogP contribution >= 0.6 is 11.6 Å². The summed E-state index contributed by atoms with van der Waals surface area (Å²) in [5, 5.41) is 17.4. The molecule has 9 nitrogen and oxygen atoms in total. The van der Waals surface area contributed by atoms with Crippen LogP contribution in [-0.4, -0.2) is 56.8 Å². The standard InChI is InChI=1S/C25H20ClN7O2/c1-15-7-18(9-19(26)28-15)21-22(17-4-2-3-16(8-17)10-27)31-33-6-5-20(29-23(21)33)30-24(34)32-11-25(12-32)13-35-14-25/h2-9H,11-14H2,1H3,(H,29,30,34). The number of halogens is 1. The quantitative estimate of drug-likeness (QED) is 0.436. The first-order valence-corrected chi connectivity index (χ1v) is 11.5. The molecule has 2 aliphatic heterocycles. The average molecular weight is 486 g/mol. The van der Waals surface area contributed by atoms with Crippen LogP contribution < -0.4 is 5.32 Å². The highest BCUT2D eigenvalue weighted by atomic mass is 35.5. The summed E-state index contributed by atoms with van der Waals surface area (Å²) in [6.45, 7) is 4.66. The van der Waals surface area contributed by atoms with Crippen molar-refractivity contribution in [2.75, 3.05) is 31.6 Å². The molecule has 6 rings (SSSR count). The van der Waals surface area contributed by atoms with Crippen LogP contribution in [-0.2, 0) is 4.74 Å². The first-order chi connectivity index (χ1) is 16.9. The average Bonchev–Trinajstić information content (AvgIpc) is 3.15. The van der Waals surface area contributed by atoms with E-state index in [1.54, 1.807) is 39.9 Å². The summed E-state index contributed by atoms with van der Waals surface area (Å²) in [5.74, 6) is 0.420. The van der Waals surface area contributed by atoms with Gasteiger partial charge in [0.25, 0.3) is 0 Å². The van der Waals surface area contributed by atoms with Gasteiger partial charge >= 0.3 is 6.03 Å². The minimum absolute atomic E-state index is 0.138. The highest BCUT2D eigenvalue weighted by Gasteiger charge is 2.50. The van der Waals surface area contributed by atoms with Gasteiger partial charge in [0, 0.05) is 30.5 Å². The van der Waals surface area contributed by atoms with E-state index >= 15 is 0 Å². The molecule has 4 aromatic rings. The molecule has 0 bridgehead atoms. The molecule has 10 heteroatoms. The number of pyridine rings is 1. The number of fused-ring (bicyclic) bond motifs is 1. The van der Waals surface area contributed by atoms with Crippen molar-refractivity contribution in [1.29, 1.82) is 5.26 Å². The molecule has 5 heterocycles. The fourth-order valence-electron chi connectivity index (χ4n) is 4.64. The summed E-state index contributed by atoms with van der Waals surface area (Å²) in [7, 11) is 0. The zero-order chi connectivity index (χ0) is 24.2. The van der Waals surface area contributed by atoms with Crippen molar-refractivity contribution in [3.8, 4) is 28.5 Å². The monoisotopic (exact) mass is 485 g/mol. The van der Waals surface area contributed by atoms with Gasteiger partial charge in [-0.25, -0.2) is 19.3 Å². The highest BCUT2D eigenvalue weighted by molar-refractivity contribution is 6.29. The molecule has 1 N–H and O–H groups in total. The topological polar surface area (TPSA) is 108 Å². The van der Waals surface area contributed by atoms with Crippen LogP contribution in [0.1, 0.15) is 11.3 Å². The number of aromatic nitrogens is 4. The van der Waals surface area contributed by atoms with Crippen LogP contribution in [0.4, 0.5) is 10.6 Å². The summed E-state index contributed by atoms with van der Waals surface area (Å²) >= 11 is 6.29. The minimum Gasteiger partial charge on any atom is -0.380 e. The molecule has 0 unspecified atom stereocenters. The maximum Gasteiger partial charge on any atom is 0.323 e. The molecule has 0 radical (unpaired) electrons. The van der Waals surface area contributed by atoms with E-state index in [0.717, 1.165) is 22.4 Å². The molecule has 0 atom stereocenters. The fourth-order valence-corrected chi connectivity index (χ4v) is 4.89. The van der Waals surface area contributed by atoms with E-state index in [0.29, 0.717) is 54.2 Å². The number of urea groups is 1. The van der Waals surface area contributed by atoms with Gasteiger partial charge in [-0.2, -0.15) is 10.4 Å². The Hall–Kier alpha value is -4.00. The van der Waals surface area contributed by atoms with E-state index < -0.39 is 0 Å². The smallest absolute Gasteiger partial charge is 0.323 e. The molecule has 2 amide bonds. The lowest BCUT2D eigenvalue weighted by molar-refractivity contribution is -0.174. The van der Waals surface area contributed by atoms with Crippen LogP contribution in [0.25, 0.3) is 28.0 Å². The van der Waals surface area contributed by atoms with Crippen LogP contribution in [0.2, 0.25) is 5.15 Å². The van der Waals surface area contributed by atoms with Crippen molar-refractivity contribution in [3.05, 3.63) is 65.1 Å². The maximum absolute atomic E-state index is 12.8. The minimum atomic E-state index is -0.190. The number of carbonyl (C=O) groups is 1. The van der Waals surface area contributed by atoms with Gasteiger partial charge in [-0.3, -0.25) is 5.32 Å². The predicted octanol–water partition coefficient (Wildman–Crippen LogP) is 4.16. The van der Waals surface area contributed by atoms with E-state index in [4.69, 9.17) is 26.4 Å². The molecule has 2 aliphatic rings. The molecule has 2 saturated heterocycles. The zero-order valence-electron chi connectivity index (χ0n) is 18.8. The van der Waals surface area contributed by atoms with E-state index in [9.17, 15) is 10.1 Å².